The largest absolute Gasteiger partial charge is 0.493 e. The van der Waals surface area contributed by atoms with Crippen LogP contribution < -0.4 is 20.6 Å². The number of nitrogens with zero attached hydrogens (tertiary/aromatic N) is 2. The van der Waals surface area contributed by atoms with E-state index in [1.54, 1.807) is 30.3 Å². The van der Waals surface area contributed by atoms with Crippen LogP contribution >= 0.6 is 0 Å². The van der Waals surface area contributed by atoms with Crippen LogP contribution in [0.2, 0.25) is 0 Å². The molecular formula is C23H24FN3O4. The van der Waals surface area contributed by atoms with E-state index in [0.717, 1.165) is 31.9 Å². The summed E-state index contributed by atoms with van der Waals surface area (Å²) in [5.41, 5.74) is 0.615. The van der Waals surface area contributed by atoms with Crippen molar-refractivity contribution in [2.75, 3.05) is 51.3 Å². The lowest BCUT2D eigenvalue weighted by Crippen LogP contribution is -2.48. The number of hydrogen-bond donors (Lipinski definition) is 1. The fourth-order valence-corrected chi connectivity index (χ4v) is 3.74. The lowest BCUT2D eigenvalue weighted by Gasteiger charge is -2.36. The lowest BCUT2D eigenvalue weighted by molar-refractivity contribution is 0.0944. The first-order chi connectivity index (χ1) is 15.0. The predicted molar refractivity (Wildman–Crippen MR) is 116 cm³/mol. The fraction of sp³-hybridized carbons (Fsp3) is 0.304. The van der Waals surface area contributed by atoms with Gasteiger partial charge in [0.15, 0.2) is 11.3 Å². The molecule has 7 nitrogen and oxygen atoms in total. The highest BCUT2D eigenvalue weighted by Gasteiger charge is 2.18. The number of carbonyl (C=O) groups is 1. The summed E-state index contributed by atoms with van der Waals surface area (Å²) in [6.07, 6.45) is 0. The second kappa shape index (κ2) is 9.18. The Labute approximate surface area is 179 Å². The molecule has 0 radical (unpaired) electrons. The second-order valence-corrected chi connectivity index (χ2v) is 7.39. The van der Waals surface area contributed by atoms with Crippen LogP contribution in [-0.4, -0.2) is 57.2 Å². The molecule has 1 aromatic heterocycles. The Morgan fingerprint density at radius 3 is 2.58 bits per heavy atom. The zero-order chi connectivity index (χ0) is 21.8. The van der Waals surface area contributed by atoms with Crippen LogP contribution in [0, 0.1) is 5.82 Å². The number of benzene rings is 2. The minimum Gasteiger partial charge on any atom is -0.493 e. The van der Waals surface area contributed by atoms with Gasteiger partial charge >= 0.3 is 5.63 Å². The topological polar surface area (TPSA) is 75.0 Å². The summed E-state index contributed by atoms with van der Waals surface area (Å²) in [6.45, 7) is 4.43. The Morgan fingerprint density at radius 1 is 1.13 bits per heavy atom. The van der Waals surface area contributed by atoms with E-state index in [4.69, 9.17) is 9.15 Å². The molecule has 1 fully saturated rings. The highest BCUT2D eigenvalue weighted by molar-refractivity contribution is 5.97. The molecule has 162 valence electrons. The lowest BCUT2D eigenvalue weighted by atomic mass is 10.1. The molecule has 1 saturated heterocycles. The van der Waals surface area contributed by atoms with Crippen molar-refractivity contribution in [3.8, 4) is 5.75 Å². The molecule has 31 heavy (non-hydrogen) atoms. The number of nitrogens with one attached hydrogen (secondary N) is 1. The summed E-state index contributed by atoms with van der Waals surface area (Å²) in [6, 6.07) is 13.3. The van der Waals surface area contributed by atoms with Gasteiger partial charge in [-0.15, -0.1) is 0 Å². The van der Waals surface area contributed by atoms with E-state index in [9.17, 15) is 14.0 Å². The van der Waals surface area contributed by atoms with Crippen molar-refractivity contribution < 1.29 is 18.3 Å². The predicted octanol–water partition coefficient (Wildman–Crippen LogP) is 2.49. The van der Waals surface area contributed by atoms with Crippen molar-refractivity contribution in [1.29, 1.82) is 0 Å². The molecule has 0 saturated carbocycles. The number of carbonyl (C=O) groups excluding carboxylic acids is 1. The second-order valence-electron chi connectivity index (χ2n) is 7.39. The molecule has 2 aromatic carbocycles. The molecule has 0 unspecified atom stereocenters. The SMILES string of the molecule is COc1cccc2cc(C(=O)NCCN3CCN(c4ccc(F)cc4)CC3)c(=O)oc12. The highest BCUT2D eigenvalue weighted by Crippen LogP contribution is 2.24. The summed E-state index contributed by atoms with van der Waals surface area (Å²) < 4.78 is 23.6. The molecule has 0 aliphatic carbocycles. The highest BCUT2D eigenvalue weighted by atomic mass is 19.1. The Kier molecular flexibility index (Phi) is 6.18. The van der Waals surface area contributed by atoms with Crippen molar-refractivity contribution in [1.82, 2.24) is 10.2 Å². The van der Waals surface area contributed by atoms with Gasteiger partial charge in [0.2, 0.25) is 0 Å². The summed E-state index contributed by atoms with van der Waals surface area (Å²) >= 11 is 0. The van der Waals surface area contributed by atoms with Crippen LogP contribution in [0.4, 0.5) is 10.1 Å². The molecule has 1 aliphatic rings. The summed E-state index contributed by atoms with van der Waals surface area (Å²) in [5.74, 6) is -0.248. The van der Waals surface area contributed by atoms with Crippen molar-refractivity contribution in [3.63, 3.8) is 0 Å². The quantitative estimate of drug-likeness (QED) is 0.612. The zero-order valence-corrected chi connectivity index (χ0v) is 17.3. The van der Waals surface area contributed by atoms with Crippen molar-refractivity contribution in [2.24, 2.45) is 0 Å². The smallest absolute Gasteiger partial charge is 0.349 e. The Bertz CT molecular complexity index is 1120. The first-order valence-electron chi connectivity index (χ1n) is 10.2. The summed E-state index contributed by atoms with van der Waals surface area (Å²) in [7, 11) is 1.49. The van der Waals surface area contributed by atoms with E-state index in [1.807, 2.05) is 0 Å². The minimum atomic E-state index is -0.692. The normalized spacial score (nSPS) is 14.6. The third kappa shape index (κ3) is 4.69. The van der Waals surface area contributed by atoms with Crippen LogP contribution in [0.1, 0.15) is 10.4 Å². The van der Waals surface area contributed by atoms with E-state index < -0.39 is 11.5 Å². The average Bonchev–Trinajstić information content (AvgIpc) is 2.79. The summed E-state index contributed by atoms with van der Waals surface area (Å²) in [4.78, 5) is 29.2. The fourth-order valence-electron chi connectivity index (χ4n) is 3.74. The number of para-hydroxylation sites is 1. The van der Waals surface area contributed by atoms with E-state index in [0.29, 0.717) is 29.8 Å². The van der Waals surface area contributed by atoms with Crippen LogP contribution in [0.5, 0.6) is 5.75 Å². The van der Waals surface area contributed by atoms with Crippen LogP contribution in [0.3, 0.4) is 0 Å². The van der Waals surface area contributed by atoms with Gasteiger partial charge in [-0.2, -0.15) is 0 Å². The van der Waals surface area contributed by atoms with Crippen molar-refractivity contribution >= 4 is 22.6 Å². The maximum absolute atomic E-state index is 13.1. The van der Waals surface area contributed by atoms with E-state index in [1.165, 1.54) is 25.3 Å². The standard InChI is InChI=1S/C23H24FN3O4/c1-30-20-4-2-3-16-15-19(23(29)31-21(16)20)22(28)25-9-10-26-11-13-27(14-12-26)18-7-5-17(24)6-8-18/h2-8,15H,9-14H2,1H3,(H,25,28). The number of hydrogen-bond acceptors (Lipinski definition) is 6. The number of rotatable bonds is 6. The first kappa shape index (κ1) is 20.9. The molecule has 0 atom stereocenters. The van der Waals surface area contributed by atoms with Crippen LogP contribution in [-0.2, 0) is 0 Å². The Balaban J connectivity index is 1.30. The maximum Gasteiger partial charge on any atom is 0.349 e. The molecule has 2 heterocycles. The van der Waals surface area contributed by atoms with Gasteiger partial charge in [-0.25, -0.2) is 9.18 Å². The number of ether oxygens (including phenoxy) is 1. The molecule has 8 heteroatoms. The zero-order valence-electron chi connectivity index (χ0n) is 17.3. The van der Waals surface area contributed by atoms with Gasteiger partial charge in [0.05, 0.1) is 7.11 Å². The van der Waals surface area contributed by atoms with E-state index in [-0.39, 0.29) is 11.4 Å². The van der Waals surface area contributed by atoms with Gasteiger partial charge in [0, 0.05) is 50.3 Å². The third-order valence-electron chi connectivity index (χ3n) is 5.47. The van der Waals surface area contributed by atoms with E-state index in [2.05, 4.69) is 15.1 Å². The molecule has 0 bridgehead atoms. The van der Waals surface area contributed by atoms with Gasteiger partial charge in [0.25, 0.3) is 5.91 Å². The summed E-state index contributed by atoms with van der Waals surface area (Å²) in [5, 5.41) is 3.43. The minimum absolute atomic E-state index is 0.0260. The maximum atomic E-state index is 13.1. The van der Waals surface area contributed by atoms with Gasteiger partial charge in [-0.1, -0.05) is 12.1 Å². The van der Waals surface area contributed by atoms with Crippen molar-refractivity contribution in [3.05, 3.63) is 70.3 Å². The molecule has 3 aromatic rings. The molecule has 1 N–H and O–H groups in total. The van der Waals surface area contributed by atoms with Crippen LogP contribution in [0.15, 0.2) is 57.7 Å². The molecule has 4 rings (SSSR count). The van der Waals surface area contributed by atoms with Gasteiger partial charge < -0.3 is 19.4 Å². The number of halogens is 1. The van der Waals surface area contributed by atoms with Crippen LogP contribution in [0.25, 0.3) is 11.0 Å². The van der Waals surface area contributed by atoms with Gasteiger partial charge in [-0.3, -0.25) is 9.69 Å². The number of methoxy groups -OCH3 is 1. The van der Waals surface area contributed by atoms with Crippen molar-refractivity contribution in [2.45, 2.75) is 0 Å². The first-order valence-corrected chi connectivity index (χ1v) is 10.2. The average molecular weight is 425 g/mol. The molecule has 1 aliphatic heterocycles. The Hall–Kier alpha value is -3.39. The van der Waals surface area contributed by atoms with E-state index >= 15 is 0 Å². The number of piperazine rings is 1. The monoisotopic (exact) mass is 425 g/mol. The third-order valence-corrected chi connectivity index (χ3v) is 5.47. The molecule has 1 amide bonds. The van der Waals surface area contributed by atoms with Gasteiger partial charge in [-0.05, 0) is 36.4 Å². The molecule has 0 spiro atoms. The van der Waals surface area contributed by atoms with Gasteiger partial charge in [0.1, 0.15) is 11.4 Å². The number of amides is 1. The Morgan fingerprint density at radius 2 is 1.87 bits per heavy atom. The molecular weight excluding hydrogens is 401 g/mol. The number of anilines is 1. The number of fused-ring (bicyclic) bond motifs is 1.